The second-order valence-corrected chi connectivity index (χ2v) is 8.27. The van der Waals surface area contributed by atoms with E-state index in [1.807, 2.05) is 43.3 Å². The zero-order valence-corrected chi connectivity index (χ0v) is 17.2. The molecule has 9 heteroatoms. The van der Waals surface area contributed by atoms with Gasteiger partial charge >= 0.3 is 5.97 Å². The molecule has 1 aromatic carbocycles. The van der Waals surface area contributed by atoms with Gasteiger partial charge in [-0.3, -0.25) is 29.0 Å². The first-order chi connectivity index (χ1) is 13.8. The largest absolute Gasteiger partial charge is 0.481 e. The van der Waals surface area contributed by atoms with Crippen LogP contribution in [0.2, 0.25) is 0 Å². The van der Waals surface area contributed by atoms with Gasteiger partial charge in [0.1, 0.15) is 10.4 Å². The lowest BCUT2D eigenvalue weighted by molar-refractivity contribution is -0.142. The maximum atomic E-state index is 12.9. The third-order valence-corrected chi connectivity index (χ3v) is 5.79. The van der Waals surface area contributed by atoms with Crippen LogP contribution in [0, 0.1) is 0 Å². The van der Waals surface area contributed by atoms with Crippen LogP contribution in [0.5, 0.6) is 0 Å². The number of carbonyl (C=O) groups excluding carboxylic acids is 3. The fourth-order valence-corrected chi connectivity index (χ4v) is 4.53. The number of rotatable bonds is 6. The van der Waals surface area contributed by atoms with E-state index in [4.69, 9.17) is 17.3 Å². The average Bonchev–Trinajstić information content (AvgIpc) is 3.08. The van der Waals surface area contributed by atoms with Crippen LogP contribution >= 0.6 is 24.0 Å². The summed E-state index contributed by atoms with van der Waals surface area (Å²) in [7, 11) is 0. The van der Waals surface area contributed by atoms with Crippen molar-refractivity contribution >= 4 is 58.1 Å². The molecular formula is C20H18N2O5S2. The number of hydrogen-bond donors (Lipinski definition) is 1. The monoisotopic (exact) mass is 430 g/mol. The number of benzene rings is 1. The summed E-state index contributed by atoms with van der Waals surface area (Å²) >= 11 is 6.36. The molecular weight excluding hydrogens is 412 g/mol. The highest BCUT2D eigenvalue weighted by Crippen LogP contribution is 2.36. The quantitative estimate of drug-likeness (QED) is 0.421. The SMILES string of the molecule is CC(=Cc1ccccc1)C=C1SC(=S)N(C2CC(=O)N(CCC(=O)O)C2=O)C1=O. The molecule has 2 fully saturated rings. The third-order valence-electron chi connectivity index (χ3n) is 4.46. The molecule has 2 saturated heterocycles. The predicted octanol–water partition coefficient (Wildman–Crippen LogP) is 2.44. The Morgan fingerprint density at radius 2 is 1.97 bits per heavy atom. The summed E-state index contributed by atoms with van der Waals surface area (Å²) in [6, 6.07) is 8.61. The maximum Gasteiger partial charge on any atom is 0.305 e. The van der Waals surface area contributed by atoms with E-state index in [-0.39, 0.29) is 23.7 Å². The summed E-state index contributed by atoms with van der Waals surface area (Å²) in [5.41, 5.74) is 1.83. The zero-order chi connectivity index (χ0) is 21.1. The summed E-state index contributed by atoms with van der Waals surface area (Å²) in [5, 5.41) is 8.78. The van der Waals surface area contributed by atoms with Crippen LogP contribution in [0.15, 0.2) is 46.9 Å². The number of allylic oxidation sites excluding steroid dienone is 2. The van der Waals surface area contributed by atoms with Crippen LogP contribution in [-0.2, 0) is 19.2 Å². The molecule has 0 aromatic heterocycles. The Morgan fingerprint density at radius 3 is 2.62 bits per heavy atom. The van der Waals surface area contributed by atoms with Gasteiger partial charge in [0.15, 0.2) is 0 Å². The molecule has 2 aliphatic rings. The van der Waals surface area contributed by atoms with Gasteiger partial charge < -0.3 is 5.11 Å². The van der Waals surface area contributed by atoms with Crippen molar-refractivity contribution in [3.05, 3.63) is 52.4 Å². The molecule has 1 aromatic rings. The van der Waals surface area contributed by atoms with E-state index in [0.29, 0.717) is 4.91 Å². The predicted molar refractivity (Wildman–Crippen MR) is 113 cm³/mol. The molecule has 3 rings (SSSR count). The average molecular weight is 431 g/mol. The lowest BCUT2D eigenvalue weighted by Gasteiger charge is -2.21. The molecule has 1 N–H and O–H groups in total. The van der Waals surface area contributed by atoms with E-state index >= 15 is 0 Å². The number of carboxylic acid groups (broad SMARTS) is 1. The van der Waals surface area contributed by atoms with Crippen molar-refractivity contribution < 1.29 is 24.3 Å². The summed E-state index contributed by atoms with van der Waals surface area (Å²) in [6.45, 7) is 1.64. The van der Waals surface area contributed by atoms with E-state index in [2.05, 4.69) is 0 Å². The molecule has 0 saturated carbocycles. The normalized spacial score (nSPS) is 21.6. The summed E-state index contributed by atoms with van der Waals surface area (Å²) in [6.07, 6.45) is 3.09. The van der Waals surface area contributed by atoms with Gasteiger partial charge in [-0.05, 0) is 24.1 Å². The number of hydrogen-bond acceptors (Lipinski definition) is 6. The van der Waals surface area contributed by atoms with E-state index < -0.39 is 29.7 Å². The Hall–Kier alpha value is -2.78. The third kappa shape index (κ3) is 4.63. The summed E-state index contributed by atoms with van der Waals surface area (Å²) in [5.74, 6) is -2.62. The molecule has 0 spiro atoms. The molecule has 2 heterocycles. The summed E-state index contributed by atoms with van der Waals surface area (Å²) < 4.78 is 0.208. The second kappa shape index (κ2) is 8.71. The molecule has 150 valence electrons. The lowest BCUT2D eigenvalue weighted by Crippen LogP contribution is -2.44. The van der Waals surface area contributed by atoms with Crippen molar-refractivity contribution in [3.8, 4) is 0 Å². The highest BCUT2D eigenvalue weighted by molar-refractivity contribution is 8.26. The Morgan fingerprint density at radius 1 is 1.28 bits per heavy atom. The van der Waals surface area contributed by atoms with Crippen molar-refractivity contribution in [2.75, 3.05) is 6.54 Å². The molecule has 1 atom stereocenters. The smallest absolute Gasteiger partial charge is 0.305 e. The van der Waals surface area contributed by atoms with Crippen LogP contribution in [0.25, 0.3) is 6.08 Å². The number of nitrogens with zero attached hydrogens (tertiary/aromatic N) is 2. The van der Waals surface area contributed by atoms with Crippen LogP contribution in [0.4, 0.5) is 0 Å². The number of carboxylic acids is 1. The zero-order valence-electron chi connectivity index (χ0n) is 15.5. The number of carbonyl (C=O) groups is 4. The molecule has 2 aliphatic heterocycles. The van der Waals surface area contributed by atoms with Crippen molar-refractivity contribution in [1.82, 2.24) is 9.80 Å². The van der Waals surface area contributed by atoms with Gasteiger partial charge in [-0.1, -0.05) is 60.4 Å². The number of imide groups is 1. The number of thioether (sulfide) groups is 1. The first-order valence-electron chi connectivity index (χ1n) is 8.84. The van der Waals surface area contributed by atoms with E-state index in [1.165, 1.54) is 4.90 Å². The van der Waals surface area contributed by atoms with E-state index in [0.717, 1.165) is 27.8 Å². The Bertz CT molecular complexity index is 955. The standard InChI is InChI=1S/C20H18N2O5S2/c1-12(9-13-5-3-2-4-6-13)10-15-19(27)22(20(28)29-15)14-11-16(23)21(18(14)26)8-7-17(24)25/h2-6,9-10,14H,7-8,11H2,1H3,(H,24,25). The van der Waals surface area contributed by atoms with Crippen molar-refractivity contribution in [2.24, 2.45) is 0 Å². The molecule has 3 amide bonds. The number of likely N-dealkylation sites (tertiary alicyclic amines) is 1. The van der Waals surface area contributed by atoms with Crippen molar-refractivity contribution in [3.63, 3.8) is 0 Å². The Kier molecular flexibility index (Phi) is 6.29. The highest BCUT2D eigenvalue weighted by Gasteiger charge is 2.48. The molecule has 0 radical (unpaired) electrons. The van der Waals surface area contributed by atoms with E-state index in [1.54, 1.807) is 6.08 Å². The van der Waals surface area contributed by atoms with Crippen LogP contribution in [0.1, 0.15) is 25.3 Å². The van der Waals surface area contributed by atoms with Gasteiger partial charge in [0.25, 0.3) is 11.8 Å². The number of amides is 3. The topological polar surface area (TPSA) is 95.0 Å². The summed E-state index contributed by atoms with van der Waals surface area (Å²) in [4.78, 5) is 50.8. The van der Waals surface area contributed by atoms with Crippen LogP contribution < -0.4 is 0 Å². The first-order valence-corrected chi connectivity index (χ1v) is 10.1. The van der Waals surface area contributed by atoms with Gasteiger partial charge in [-0.25, -0.2) is 0 Å². The molecule has 0 aliphatic carbocycles. The van der Waals surface area contributed by atoms with Gasteiger partial charge in [0.05, 0.1) is 17.7 Å². The number of aliphatic carboxylic acids is 1. The van der Waals surface area contributed by atoms with Gasteiger partial charge in [0.2, 0.25) is 5.91 Å². The minimum Gasteiger partial charge on any atom is -0.481 e. The molecule has 29 heavy (non-hydrogen) atoms. The molecule has 7 nitrogen and oxygen atoms in total. The van der Waals surface area contributed by atoms with Gasteiger partial charge in [-0.2, -0.15) is 0 Å². The highest BCUT2D eigenvalue weighted by atomic mass is 32.2. The van der Waals surface area contributed by atoms with Gasteiger partial charge in [0, 0.05) is 6.54 Å². The number of thiocarbonyl (C=S) groups is 1. The first kappa shape index (κ1) is 20.9. The molecule has 0 bridgehead atoms. The Labute approximate surface area is 177 Å². The van der Waals surface area contributed by atoms with Crippen LogP contribution in [-0.4, -0.2) is 55.5 Å². The minimum atomic E-state index is -1.11. The maximum absolute atomic E-state index is 12.9. The van der Waals surface area contributed by atoms with Crippen LogP contribution in [0.3, 0.4) is 0 Å². The second-order valence-electron chi connectivity index (χ2n) is 6.60. The fraction of sp³-hybridized carbons (Fsp3) is 0.250. The fourth-order valence-electron chi connectivity index (χ4n) is 3.12. The molecule has 1 unspecified atom stereocenters. The van der Waals surface area contributed by atoms with Gasteiger partial charge in [-0.15, -0.1) is 0 Å². The van der Waals surface area contributed by atoms with Crippen molar-refractivity contribution in [1.29, 1.82) is 0 Å². The van der Waals surface area contributed by atoms with Crippen molar-refractivity contribution in [2.45, 2.75) is 25.8 Å². The minimum absolute atomic E-state index is 0.197. The lowest BCUT2D eigenvalue weighted by atomic mass is 10.1. The Balaban J connectivity index is 1.77. The van der Waals surface area contributed by atoms with E-state index in [9.17, 15) is 19.2 Å².